The van der Waals surface area contributed by atoms with Crippen LogP contribution < -0.4 is 4.74 Å². The molecule has 0 saturated carbocycles. The van der Waals surface area contributed by atoms with Crippen LogP contribution in [0, 0.1) is 0 Å². The molecule has 126 valence electrons. The number of carbonyl (C=O) groups is 1. The van der Waals surface area contributed by atoms with Gasteiger partial charge in [-0.2, -0.15) is 0 Å². The van der Waals surface area contributed by atoms with Crippen molar-refractivity contribution in [1.82, 2.24) is 19.4 Å². The van der Waals surface area contributed by atoms with Crippen LogP contribution in [0.2, 0.25) is 0 Å². The number of nitrogens with zero attached hydrogens (tertiary/aromatic N) is 4. The van der Waals surface area contributed by atoms with E-state index in [1.165, 1.54) is 5.56 Å². The van der Waals surface area contributed by atoms with Crippen LogP contribution in [-0.4, -0.2) is 45.0 Å². The third kappa shape index (κ3) is 3.10. The predicted molar refractivity (Wildman–Crippen MR) is 92.9 cm³/mol. The second kappa shape index (κ2) is 6.39. The van der Waals surface area contributed by atoms with Crippen molar-refractivity contribution in [3.8, 4) is 11.6 Å². The lowest BCUT2D eigenvalue weighted by Gasteiger charge is -2.21. The van der Waals surface area contributed by atoms with Crippen molar-refractivity contribution in [2.24, 2.45) is 0 Å². The molecule has 1 amide bonds. The lowest BCUT2D eigenvalue weighted by molar-refractivity contribution is 0.0730. The minimum Gasteiger partial charge on any atom is -0.488 e. The predicted octanol–water partition coefficient (Wildman–Crippen LogP) is 2.34. The number of ether oxygens (including phenoxy) is 1. The number of rotatable bonds is 4. The highest BCUT2D eigenvalue weighted by molar-refractivity contribution is 5.93. The molecule has 3 heterocycles. The standard InChI is InChI=1S/C19H18N4O2/c1-22(12-16-10-14-4-2-3-5-17(14)25-16)19(24)15-6-7-18(21-11-15)23-9-8-20-13-23/h2-9,11,13,16H,10,12H2,1H3/t16-/m0/s1. The van der Waals surface area contributed by atoms with E-state index >= 15 is 0 Å². The molecule has 0 N–H and O–H groups in total. The van der Waals surface area contributed by atoms with Crippen LogP contribution >= 0.6 is 0 Å². The van der Waals surface area contributed by atoms with E-state index in [1.807, 2.05) is 30.5 Å². The molecule has 0 aliphatic carbocycles. The molecule has 4 rings (SSSR count). The van der Waals surface area contributed by atoms with Crippen LogP contribution in [0.3, 0.4) is 0 Å². The van der Waals surface area contributed by atoms with Gasteiger partial charge >= 0.3 is 0 Å². The zero-order valence-electron chi connectivity index (χ0n) is 13.9. The summed E-state index contributed by atoms with van der Waals surface area (Å²) in [5.74, 6) is 1.58. The first-order chi connectivity index (χ1) is 12.2. The van der Waals surface area contributed by atoms with E-state index in [1.54, 1.807) is 41.3 Å². The minimum atomic E-state index is -0.0655. The summed E-state index contributed by atoms with van der Waals surface area (Å²) in [6.45, 7) is 0.538. The molecule has 0 spiro atoms. The van der Waals surface area contributed by atoms with E-state index in [9.17, 15) is 4.79 Å². The number of benzene rings is 1. The molecule has 1 atom stereocenters. The summed E-state index contributed by atoms with van der Waals surface area (Å²) in [6, 6.07) is 11.6. The summed E-state index contributed by atoms with van der Waals surface area (Å²) < 4.78 is 7.71. The van der Waals surface area contributed by atoms with Crippen LogP contribution in [-0.2, 0) is 6.42 Å². The lowest BCUT2D eigenvalue weighted by Crippen LogP contribution is -2.36. The van der Waals surface area contributed by atoms with E-state index in [0.29, 0.717) is 12.1 Å². The molecule has 1 aliphatic heterocycles. The zero-order chi connectivity index (χ0) is 17.2. The maximum absolute atomic E-state index is 12.6. The van der Waals surface area contributed by atoms with Crippen molar-refractivity contribution in [2.45, 2.75) is 12.5 Å². The van der Waals surface area contributed by atoms with Gasteiger partial charge in [0.15, 0.2) is 0 Å². The van der Waals surface area contributed by atoms with Crippen molar-refractivity contribution in [1.29, 1.82) is 0 Å². The van der Waals surface area contributed by atoms with Gasteiger partial charge in [-0.05, 0) is 23.8 Å². The zero-order valence-corrected chi connectivity index (χ0v) is 13.9. The molecule has 0 saturated heterocycles. The molecule has 1 aliphatic rings. The molecular weight excluding hydrogens is 316 g/mol. The van der Waals surface area contributed by atoms with Crippen molar-refractivity contribution in [2.75, 3.05) is 13.6 Å². The van der Waals surface area contributed by atoms with Crippen molar-refractivity contribution >= 4 is 5.91 Å². The van der Waals surface area contributed by atoms with Gasteiger partial charge in [-0.3, -0.25) is 9.36 Å². The Morgan fingerprint density at radius 3 is 2.92 bits per heavy atom. The summed E-state index contributed by atoms with van der Waals surface area (Å²) >= 11 is 0. The fraction of sp³-hybridized carbons (Fsp3) is 0.211. The Morgan fingerprint density at radius 1 is 1.32 bits per heavy atom. The van der Waals surface area contributed by atoms with E-state index in [4.69, 9.17) is 4.74 Å². The fourth-order valence-corrected chi connectivity index (χ4v) is 3.02. The second-order valence-electron chi connectivity index (χ2n) is 6.11. The first kappa shape index (κ1) is 15.4. The second-order valence-corrected chi connectivity index (χ2v) is 6.11. The van der Waals surface area contributed by atoms with Gasteiger partial charge in [-0.15, -0.1) is 0 Å². The van der Waals surface area contributed by atoms with Gasteiger partial charge in [0.2, 0.25) is 0 Å². The smallest absolute Gasteiger partial charge is 0.255 e. The third-order valence-electron chi connectivity index (χ3n) is 4.30. The number of aromatic nitrogens is 3. The van der Waals surface area contributed by atoms with Gasteiger partial charge in [0.05, 0.1) is 12.1 Å². The van der Waals surface area contributed by atoms with Gasteiger partial charge in [-0.25, -0.2) is 9.97 Å². The van der Waals surface area contributed by atoms with Crippen LogP contribution in [0.5, 0.6) is 5.75 Å². The maximum atomic E-state index is 12.6. The summed E-state index contributed by atoms with van der Waals surface area (Å²) in [6.07, 6.45) is 7.58. The normalized spacial score (nSPS) is 15.5. The number of pyridine rings is 1. The van der Waals surface area contributed by atoms with Crippen molar-refractivity contribution < 1.29 is 9.53 Å². The highest BCUT2D eigenvalue weighted by Gasteiger charge is 2.25. The molecule has 0 fully saturated rings. The molecule has 0 bridgehead atoms. The average molecular weight is 334 g/mol. The quantitative estimate of drug-likeness (QED) is 0.735. The van der Waals surface area contributed by atoms with Crippen LogP contribution in [0.1, 0.15) is 15.9 Å². The highest BCUT2D eigenvalue weighted by atomic mass is 16.5. The van der Waals surface area contributed by atoms with E-state index < -0.39 is 0 Å². The molecular formula is C19H18N4O2. The number of carbonyl (C=O) groups excluding carboxylic acids is 1. The molecule has 3 aromatic rings. The SMILES string of the molecule is CN(C[C@@H]1Cc2ccccc2O1)C(=O)c1ccc(-n2ccnc2)nc1. The summed E-state index contributed by atoms with van der Waals surface area (Å²) in [7, 11) is 1.79. The molecule has 6 nitrogen and oxygen atoms in total. The van der Waals surface area contributed by atoms with Gasteiger partial charge in [0.1, 0.15) is 24.0 Å². The van der Waals surface area contributed by atoms with Crippen LogP contribution in [0.25, 0.3) is 5.82 Å². The Kier molecular flexibility index (Phi) is 3.93. The van der Waals surface area contributed by atoms with Crippen LogP contribution in [0.15, 0.2) is 61.3 Å². The third-order valence-corrected chi connectivity index (χ3v) is 4.30. The molecule has 25 heavy (non-hydrogen) atoms. The molecule has 0 radical (unpaired) electrons. The fourth-order valence-electron chi connectivity index (χ4n) is 3.02. The summed E-state index contributed by atoms with van der Waals surface area (Å²) in [5, 5.41) is 0. The van der Waals surface area contributed by atoms with Gasteiger partial charge in [0.25, 0.3) is 5.91 Å². The van der Waals surface area contributed by atoms with Gasteiger partial charge in [0, 0.05) is 32.1 Å². The lowest BCUT2D eigenvalue weighted by atomic mass is 10.1. The first-order valence-electron chi connectivity index (χ1n) is 8.15. The van der Waals surface area contributed by atoms with E-state index in [2.05, 4.69) is 16.0 Å². The number of hydrogen-bond acceptors (Lipinski definition) is 4. The molecule has 6 heteroatoms. The minimum absolute atomic E-state index is 0.00969. The van der Waals surface area contributed by atoms with E-state index in [-0.39, 0.29) is 12.0 Å². The van der Waals surface area contributed by atoms with Gasteiger partial charge < -0.3 is 9.64 Å². The number of para-hydroxylation sites is 1. The Balaban J connectivity index is 1.41. The van der Waals surface area contributed by atoms with Crippen molar-refractivity contribution in [3.05, 3.63) is 72.4 Å². The maximum Gasteiger partial charge on any atom is 0.255 e. The number of hydrogen-bond donors (Lipinski definition) is 0. The summed E-state index contributed by atoms with van der Waals surface area (Å²) in [4.78, 5) is 22.6. The largest absolute Gasteiger partial charge is 0.488 e. The Bertz CT molecular complexity index is 850. The Morgan fingerprint density at radius 2 is 2.20 bits per heavy atom. The topological polar surface area (TPSA) is 60.2 Å². The summed E-state index contributed by atoms with van der Waals surface area (Å²) in [5.41, 5.74) is 1.75. The van der Waals surface area contributed by atoms with E-state index in [0.717, 1.165) is 18.0 Å². The van der Waals surface area contributed by atoms with Gasteiger partial charge in [-0.1, -0.05) is 18.2 Å². The van der Waals surface area contributed by atoms with Crippen molar-refractivity contribution in [3.63, 3.8) is 0 Å². The number of imidazole rings is 1. The molecule has 1 aromatic carbocycles. The Hall–Kier alpha value is -3.15. The monoisotopic (exact) mass is 334 g/mol. The average Bonchev–Trinajstić information content (AvgIpc) is 3.30. The number of fused-ring (bicyclic) bond motifs is 1. The molecule has 0 unspecified atom stereocenters. The first-order valence-corrected chi connectivity index (χ1v) is 8.15. The highest BCUT2D eigenvalue weighted by Crippen LogP contribution is 2.28. The number of likely N-dealkylation sites (N-methyl/N-ethyl adjacent to an activating group) is 1. The molecule has 2 aromatic heterocycles. The Labute approximate surface area is 145 Å². The van der Waals surface area contributed by atoms with Crippen LogP contribution in [0.4, 0.5) is 0 Å². The number of amides is 1.